The van der Waals surface area contributed by atoms with Crippen molar-refractivity contribution in [2.75, 3.05) is 13.2 Å². The van der Waals surface area contributed by atoms with Crippen LogP contribution >= 0.6 is 0 Å². The lowest BCUT2D eigenvalue weighted by molar-refractivity contribution is -0.236. The van der Waals surface area contributed by atoms with E-state index in [1.54, 1.807) is 0 Å². The lowest BCUT2D eigenvalue weighted by Crippen LogP contribution is -2.60. The third-order valence-corrected chi connectivity index (χ3v) is 3.40. The van der Waals surface area contributed by atoms with Crippen molar-refractivity contribution in [3.8, 4) is 0 Å². The number of morpholine rings is 1. The van der Waals surface area contributed by atoms with E-state index in [-0.39, 0.29) is 18.7 Å². The molecule has 1 saturated carbocycles. The first kappa shape index (κ1) is 11.2. The van der Waals surface area contributed by atoms with Gasteiger partial charge in [0.2, 0.25) is 0 Å². The summed E-state index contributed by atoms with van der Waals surface area (Å²) < 4.78 is 41.9. The standard InChI is InChI=1S/C10H16F3NO/c11-10(12,13)8-6-14-9(7-15-8)4-2-1-3-5-9/h8,14H,1-7H2. The van der Waals surface area contributed by atoms with Crippen LogP contribution in [-0.2, 0) is 4.74 Å². The van der Waals surface area contributed by atoms with Gasteiger partial charge in [0.25, 0.3) is 0 Å². The van der Waals surface area contributed by atoms with Crippen molar-refractivity contribution in [3.63, 3.8) is 0 Å². The molecule has 2 fully saturated rings. The van der Waals surface area contributed by atoms with Crippen LogP contribution in [0.25, 0.3) is 0 Å². The van der Waals surface area contributed by atoms with E-state index in [4.69, 9.17) is 4.74 Å². The SMILES string of the molecule is FC(F)(F)C1CNC2(CCCCC2)CO1. The smallest absolute Gasteiger partial charge is 0.366 e. The first-order chi connectivity index (χ1) is 7.02. The van der Waals surface area contributed by atoms with Crippen LogP contribution < -0.4 is 5.32 Å². The Morgan fingerprint density at radius 1 is 1.13 bits per heavy atom. The molecule has 1 heterocycles. The predicted octanol–water partition coefficient (Wildman–Crippen LogP) is 2.24. The highest BCUT2D eigenvalue weighted by Crippen LogP contribution is 2.33. The molecular formula is C10H16F3NO. The molecule has 15 heavy (non-hydrogen) atoms. The maximum absolute atomic E-state index is 12.3. The van der Waals surface area contributed by atoms with E-state index in [1.807, 2.05) is 0 Å². The van der Waals surface area contributed by atoms with Gasteiger partial charge in [0, 0.05) is 12.1 Å². The van der Waals surface area contributed by atoms with E-state index in [0.717, 1.165) is 25.7 Å². The fourth-order valence-corrected chi connectivity index (χ4v) is 2.44. The highest BCUT2D eigenvalue weighted by atomic mass is 19.4. The minimum atomic E-state index is -4.23. The van der Waals surface area contributed by atoms with Crippen LogP contribution in [0.15, 0.2) is 0 Å². The highest BCUT2D eigenvalue weighted by Gasteiger charge is 2.46. The highest BCUT2D eigenvalue weighted by molar-refractivity contribution is 4.95. The topological polar surface area (TPSA) is 21.3 Å². The summed E-state index contributed by atoms with van der Waals surface area (Å²) >= 11 is 0. The maximum atomic E-state index is 12.3. The molecule has 5 heteroatoms. The van der Waals surface area contributed by atoms with Crippen LogP contribution in [0.2, 0.25) is 0 Å². The van der Waals surface area contributed by atoms with E-state index in [1.165, 1.54) is 6.42 Å². The van der Waals surface area contributed by atoms with Gasteiger partial charge in [-0.3, -0.25) is 0 Å². The van der Waals surface area contributed by atoms with Gasteiger partial charge >= 0.3 is 6.18 Å². The largest absolute Gasteiger partial charge is 0.415 e. The summed E-state index contributed by atoms with van der Waals surface area (Å²) in [5, 5.41) is 3.05. The maximum Gasteiger partial charge on any atom is 0.415 e. The monoisotopic (exact) mass is 223 g/mol. The van der Waals surface area contributed by atoms with Crippen LogP contribution in [-0.4, -0.2) is 31.0 Å². The lowest BCUT2D eigenvalue weighted by atomic mass is 9.81. The average Bonchev–Trinajstić information content (AvgIpc) is 2.18. The molecule has 2 aliphatic rings. The summed E-state index contributed by atoms with van der Waals surface area (Å²) in [5.74, 6) is 0. The Labute approximate surface area is 87.2 Å². The second kappa shape index (κ2) is 3.94. The van der Waals surface area contributed by atoms with E-state index in [9.17, 15) is 13.2 Å². The number of hydrogen-bond donors (Lipinski definition) is 1. The minimum absolute atomic E-state index is 0.0938. The molecule has 1 spiro atoms. The van der Waals surface area contributed by atoms with Crippen LogP contribution in [0, 0.1) is 0 Å². The predicted molar refractivity (Wildman–Crippen MR) is 49.6 cm³/mol. The Bertz CT molecular complexity index is 213. The van der Waals surface area contributed by atoms with Gasteiger partial charge in [-0.05, 0) is 12.8 Å². The van der Waals surface area contributed by atoms with Crippen LogP contribution in [0.5, 0.6) is 0 Å². The number of ether oxygens (including phenoxy) is 1. The number of rotatable bonds is 0. The molecule has 0 radical (unpaired) electrons. The van der Waals surface area contributed by atoms with Gasteiger partial charge in [0.15, 0.2) is 6.10 Å². The zero-order valence-corrected chi connectivity index (χ0v) is 8.57. The second-order valence-corrected chi connectivity index (χ2v) is 4.56. The number of hydrogen-bond acceptors (Lipinski definition) is 2. The zero-order valence-electron chi connectivity index (χ0n) is 8.57. The van der Waals surface area contributed by atoms with E-state index < -0.39 is 12.3 Å². The molecular weight excluding hydrogens is 207 g/mol. The minimum Gasteiger partial charge on any atom is -0.366 e. The molecule has 0 amide bonds. The molecule has 1 aliphatic heterocycles. The van der Waals surface area contributed by atoms with E-state index in [0.29, 0.717) is 0 Å². The van der Waals surface area contributed by atoms with Crippen molar-refractivity contribution in [2.45, 2.75) is 49.9 Å². The van der Waals surface area contributed by atoms with Crippen molar-refractivity contribution >= 4 is 0 Å². The Kier molecular flexibility index (Phi) is 2.94. The van der Waals surface area contributed by atoms with Crippen LogP contribution in [0.3, 0.4) is 0 Å². The van der Waals surface area contributed by atoms with Crippen molar-refractivity contribution in [2.24, 2.45) is 0 Å². The molecule has 0 bridgehead atoms. The van der Waals surface area contributed by atoms with Crippen LogP contribution in [0.1, 0.15) is 32.1 Å². The van der Waals surface area contributed by atoms with Crippen molar-refractivity contribution in [1.82, 2.24) is 5.32 Å². The number of halogens is 3. The summed E-state index contributed by atoms with van der Waals surface area (Å²) in [7, 11) is 0. The molecule has 0 aromatic carbocycles. The lowest BCUT2D eigenvalue weighted by Gasteiger charge is -2.43. The van der Waals surface area contributed by atoms with E-state index >= 15 is 0 Å². The Morgan fingerprint density at radius 3 is 2.27 bits per heavy atom. The molecule has 0 aromatic rings. The number of nitrogens with one attached hydrogen (secondary N) is 1. The fourth-order valence-electron chi connectivity index (χ4n) is 2.44. The molecule has 1 unspecified atom stereocenters. The summed E-state index contributed by atoms with van der Waals surface area (Å²) in [6.07, 6.45) is -0.602. The molecule has 1 saturated heterocycles. The van der Waals surface area contributed by atoms with Gasteiger partial charge in [0.05, 0.1) is 6.61 Å². The summed E-state index contributed by atoms with van der Waals surface area (Å²) in [5.41, 5.74) is -0.167. The molecule has 2 nitrogen and oxygen atoms in total. The summed E-state index contributed by atoms with van der Waals surface area (Å²) in [4.78, 5) is 0. The van der Waals surface area contributed by atoms with Gasteiger partial charge < -0.3 is 10.1 Å². The molecule has 0 aromatic heterocycles. The first-order valence-electron chi connectivity index (χ1n) is 5.45. The molecule has 1 aliphatic carbocycles. The molecule has 1 atom stereocenters. The summed E-state index contributed by atoms with van der Waals surface area (Å²) in [6, 6.07) is 0. The molecule has 2 rings (SSSR count). The van der Waals surface area contributed by atoms with Gasteiger partial charge in [-0.25, -0.2) is 0 Å². The average molecular weight is 223 g/mol. The quantitative estimate of drug-likeness (QED) is 0.680. The van der Waals surface area contributed by atoms with E-state index in [2.05, 4.69) is 5.32 Å². The fraction of sp³-hybridized carbons (Fsp3) is 1.00. The van der Waals surface area contributed by atoms with Crippen molar-refractivity contribution < 1.29 is 17.9 Å². The number of alkyl halides is 3. The van der Waals surface area contributed by atoms with Crippen LogP contribution in [0.4, 0.5) is 13.2 Å². The van der Waals surface area contributed by atoms with Gasteiger partial charge in [-0.1, -0.05) is 19.3 Å². The van der Waals surface area contributed by atoms with Crippen molar-refractivity contribution in [3.05, 3.63) is 0 Å². The van der Waals surface area contributed by atoms with Gasteiger partial charge in [0.1, 0.15) is 0 Å². The first-order valence-corrected chi connectivity index (χ1v) is 5.45. The Morgan fingerprint density at radius 2 is 1.80 bits per heavy atom. The normalized spacial score (nSPS) is 31.8. The van der Waals surface area contributed by atoms with Gasteiger partial charge in [-0.2, -0.15) is 13.2 Å². The molecule has 1 N–H and O–H groups in total. The third kappa shape index (κ3) is 2.45. The molecule has 88 valence electrons. The van der Waals surface area contributed by atoms with Crippen molar-refractivity contribution in [1.29, 1.82) is 0 Å². The third-order valence-electron chi connectivity index (χ3n) is 3.40. The Balaban J connectivity index is 1.91. The second-order valence-electron chi connectivity index (χ2n) is 4.56. The zero-order chi connectivity index (χ0) is 10.9. The Hall–Kier alpha value is -0.290. The summed E-state index contributed by atoms with van der Waals surface area (Å²) in [6.45, 7) is 0.112. The van der Waals surface area contributed by atoms with Gasteiger partial charge in [-0.15, -0.1) is 0 Å².